The Kier molecular flexibility index (Phi) is 6.71. The lowest BCUT2D eigenvalue weighted by Gasteiger charge is -2.11. The lowest BCUT2D eigenvalue weighted by molar-refractivity contribution is -0.127. The minimum absolute atomic E-state index is 0.0446. The standard InChI is InChI=1S/C27H21ClN4O6/c1-37-26(35)23-11-10-19(38-23)14-31-13-16(20-4-2-3-5-22(20)31)12-21-25(34)32(27(36)30-21)15-24(33)29-18-8-6-17(28)7-9-18/h2-13H,14-15H2,1H3,(H,29,33)(H,30,36)/b21-12-. The monoisotopic (exact) mass is 532 g/mol. The number of hydrogen-bond donors (Lipinski definition) is 2. The molecule has 10 nitrogen and oxygen atoms in total. The number of furan rings is 1. The Balaban J connectivity index is 1.36. The molecule has 0 bridgehead atoms. The van der Waals surface area contributed by atoms with Gasteiger partial charge in [0, 0.05) is 33.4 Å². The molecule has 3 heterocycles. The highest BCUT2D eigenvalue weighted by molar-refractivity contribution is 6.30. The van der Waals surface area contributed by atoms with Crippen LogP contribution in [-0.4, -0.2) is 46.9 Å². The highest BCUT2D eigenvalue weighted by Gasteiger charge is 2.35. The first-order valence-corrected chi connectivity index (χ1v) is 11.8. The maximum absolute atomic E-state index is 13.0. The van der Waals surface area contributed by atoms with Crippen LogP contribution < -0.4 is 10.6 Å². The lowest BCUT2D eigenvalue weighted by Crippen LogP contribution is -2.38. The van der Waals surface area contributed by atoms with Crippen molar-refractivity contribution in [3.05, 3.63) is 94.7 Å². The van der Waals surface area contributed by atoms with E-state index in [1.54, 1.807) is 42.5 Å². The van der Waals surface area contributed by atoms with Gasteiger partial charge in [0.2, 0.25) is 11.7 Å². The zero-order chi connectivity index (χ0) is 26.8. The Morgan fingerprint density at radius 1 is 1.08 bits per heavy atom. The summed E-state index contributed by atoms with van der Waals surface area (Å²) in [6, 6.07) is 16.5. The number of fused-ring (bicyclic) bond motifs is 1. The van der Waals surface area contributed by atoms with Crippen LogP contribution in [0.3, 0.4) is 0 Å². The SMILES string of the molecule is COC(=O)c1ccc(Cn2cc(/C=C3\NC(=O)N(CC(=O)Nc4ccc(Cl)cc4)C3=O)c3ccccc32)o1. The molecule has 1 aliphatic heterocycles. The van der Waals surface area contributed by atoms with Crippen LogP contribution >= 0.6 is 11.6 Å². The zero-order valence-corrected chi connectivity index (χ0v) is 20.8. The van der Waals surface area contributed by atoms with E-state index in [0.717, 1.165) is 15.8 Å². The number of aromatic nitrogens is 1. The number of halogens is 1. The minimum Gasteiger partial charge on any atom is -0.463 e. The molecule has 1 saturated heterocycles. The summed E-state index contributed by atoms with van der Waals surface area (Å²) >= 11 is 5.85. The Labute approximate surface area is 221 Å². The van der Waals surface area contributed by atoms with E-state index in [9.17, 15) is 19.2 Å². The van der Waals surface area contributed by atoms with Gasteiger partial charge in [0.05, 0.1) is 13.7 Å². The van der Waals surface area contributed by atoms with Crippen molar-refractivity contribution >= 4 is 58.1 Å². The van der Waals surface area contributed by atoms with Gasteiger partial charge in [0.1, 0.15) is 18.0 Å². The maximum Gasteiger partial charge on any atom is 0.373 e. The molecule has 4 amide bonds. The minimum atomic E-state index is -0.692. The molecule has 2 N–H and O–H groups in total. The number of carbonyl (C=O) groups is 4. The smallest absolute Gasteiger partial charge is 0.373 e. The van der Waals surface area contributed by atoms with E-state index in [4.69, 9.17) is 16.0 Å². The van der Waals surface area contributed by atoms with Crippen LogP contribution in [0.1, 0.15) is 21.9 Å². The summed E-state index contributed by atoms with van der Waals surface area (Å²) in [6.07, 6.45) is 3.38. The number of methoxy groups -OCH3 is 1. The van der Waals surface area contributed by atoms with E-state index in [-0.39, 0.29) is 11.5 Å². The lowest BCUT2D eigenvalue weighted by atomic mass is 10.1. The average molecular weight is 533 g/mol. The van der Waals surface area contributed by atoms with E-state index < -0.39 is 30.4 Å². The van der Waals surface area contributed by atoms with E-state index in [0.29, 0.717) is 28.6 Å². The Hall–Kier alpha value is -4.83. The van der Waals surface area contributed by atoms with Gasteiger partial charge in [-0.25, -0.2) is 14.5 Å². The number of hydrogen-bond acceptors (Lipinski definition) is 6. The topological polar surface area (TPSA) is 123 Å². The van der Waals surface area contributed by atoms with Gasteiger partial charge < -0.3 is 24.4 Å². The van der Waals surface area contributed by atoms with Crippen molar-refractivity contribution in [1.82, 2.24) is 14.8 Å². The number of rotatable bonds is 7. The molecule has 0 aliphatic carbocycles. The molecule has 192 valence electrons. The van der Waals surface area contributed by atoms with Gasteiger partial charge >= 0.3 is 12.0 Å². The summed E-state index contributed by atoms with van der Waals surface area (Å²) in [6.45, 7) is -0.134. The number of anilines is 1. The highest BCUT2D eigenvalue weighted by atomic mass is 35.5. The van der Waals surface area contributed by atoms with Crippen LogP contribution in [0.15, 0.2) is 77.0 Å². The van der Waals surface area contributed by atoms with Crippen molar-refractivity contribution in [2.24, 2.45) is 0 Å². The molecule has 0 saturated carbocycles. The number of esters is 1. The summed E-state index contributed by atoms with van der Waals surface area (Å²) in [5, 5.41) is 6.53. The molecule has 0 radical (unpaired) electrons. The molecular formula is C27H21ClN4O6. The summed E-state index contributed by atoms with van der Waals surface area (Å²) in [5.74, 6) is -1.08. The molecule has 2 aromatic carbocycles. The van der Waals surface area contributed by atoms with Gasteiger partial charge in [0.25, 0.3) is 5.91 Å². The predicted octanol–water partition coefficient (Wildman–Crippen LogP) is 4.25. The number of amides is 4. The van der Waals surface area contributed by atoms with Crippen LogP contribution in [0.2, 0.25) is 5.02 Å². The molecule has 2 aromatic heterocycles. The first-order valence-electron chi connectivity index (χ1n) is 11.5. The summed E-state index contributed by atoms with van der Waals surface area (Å²) in [5.41, 5.74) is 2.07. The average Bonchev–Trinajstić information content (AvgIpc) is 3.59. The quantitative estimate of drug-likeness (QED) is 0.208. The largest absolute Gasteiger partial charge is 0.463 e. The molecular weight excluding hydrogens is 512 g/mol. The number of para-hydroxylation sites is 1. The third kappa shape index (κ3) is 5.02. The summed E-state index contributed by atoms with van der Waals surface area (Å²) in [4.78, 5) is 50.5. The van der Waals surface area contributed by atoms with Crippen molar-refractivity contribution < 1.29 is 28.3 Å². The van der Waals surface area contributed by atoms with Gasteiger partial charge in [-0.05, 0) is 48.5 Å². The summed E-state index contributed by atoms with van der Waals surface area (Å²) in [7, 11) is 1.28. The molecule has 0 atom stereocenters. The molecule has 0 spiro atoms. The second-order valence-electron chi connectivity index (χ2n) is 8.42. The van der Waals surface area contributed by atoms with Crippen molar-refractivity contribution in [1.29, 1.82) is 0 Å². The van der Waals surface area contributed by atoms with Gasteiger partial charge in [0.15, 0.2) is 0 Å². The van der Waals surface area contributed by atoms with Crippen molar-refractivity contribution in [2.75, 3.05) is 19.0 Å². The number of nitrogens with zero attached hydrogens (tertiary/aromatic N) is 2. The van der Waals surface area contributed by atoms with Crippen LogP contribution in [0, 0.1) is 0 Å². The van der Waals surface area contributed by atoms with Gasteiger partial charge in [-0.3, -0.25) is 9.59 Å². The van der Waals surface area contributed by atoms with Gasteiger partial charge in [-0.15, -0.1) is 0 Å². The highest BCUT2D eigenvalue weighted by Crippen LogP contribution is 2.26. The van der Waals surface area contributed by atoms with Crippen LogP contribution in [0.5, 0.6) is 0 Å². The van der Waals surface area contributed by atoms with E-state index >= 15 is 0 Å². The maximum atomic E-state index is 13.0. The van der Waals surface area contributed by atoms with Crippen molar-refractivity contribution in [3.63, 3.8) is 0 Å². The number of nitrogens with one attached hydrogen (secondary N) is 2. The molecule has 1 fully saturated rings. The third-order valence-corrected chi connectivity index (χ3v) is 6.14. The Morgan fingerprint density at radius 2 is 1.84 bits per heavy atom. The van der Waals surface area contributed by atoms with Crippen LogP contribution in [0.25, 0.3) is 17.0 Å². The zero-order valence-electron chi connectivity index (χ0n) is 20.1. The molecule has 38 heavy (non-hydrogen) atoms. The second-order valence-corrected chi connectivity index (χ2v) is 8.86. The molecule has 1 aliphatic rings. The van der Waals surface area contributed by atoms with E-state index in [2.05, 4.69) is 15.4 Å². The first-order chi connectivity index (χ1) is 18.3. The van der Waals surface area contributed by atoms with Gasteiger partial charge in [-0.1, -0.05) is 29.8 Å². The number of imide groups is 1. The molecule has 11 heteroatoms. The number of carbonyl (C=O) groups excluding carboxylic acids is 4. The second kappa shape index (κ2) is 10.3. The van der Waals surface area contributed by atoms with E-state index in [1.165, 1.54) is 7.11 Å². The molecule has 5 rings (SSSR count). The number of urea groups is 1. The summed E-state index contributed by atoms with van der Waals surface area (Å²) < 4.78 is 12.2. The third-order valence-electron chi connectivity index (χ3n) is 5.89. The Bertz CT molecular complexity index is 1600. The van der Waals surface area contributed by atoms with Crippen molar-refractivity contribution in [3.8, 4) is 0 Å². The van der Waals surface area contributed by atoms with Crippen LogP contribution in [0.4, 0.5) is 10.5 Å². The fraction of sp³-hybridized carbons (Fsp3) is 0.111. The van der Waals surface area contributed by atoms with Crippen LogP contribution in [-0.2, 0) is 20.9 Å². The fourth-order valence-electron chi connectivity index (χ4n) is 4.11. The Morgan fingerprint density at radius 3 is 2.61 bits per heavy atom. The van der Waals surface area contributed by atoms with Crippen molar-refractivity contribution in [2.45, 2.75) is 6.54 Å². The predicted molar refractivity (Wildman–Crippen MR) is 139 cm³/mol. The number of ether oxygens (including phenoxy) is 1. The first kappa shape index (κ1) is 24.8. The van der Waals surface area contributed by atoms with E-state index in [1.807, 2.05) is 35.0 Å². The molecule has 0 unspecified atom stereocenters. The van der Waals surface area contributed by atoms with Gasteiger partial charge in [-0.2, -0.15) is 0 Å². The number of benzene rings is 2. The molecule has 4 aromatic rings. The normalized spacial score (nSPS) is 14.3. The fourth-order valence-corrected chi connectivity index (χ4v) is 4.24.